The van der Waals surface area contributed by atoms with Crippen LogP contribution in [0.2, 0.25) is 0 Å². The number of thiophene rings is 1. The van der Waals surface area contributed by atoms with Crippen molar-refractivity contribution in [1.29, 1.82) is 0 Å². The number of nitrogens with zero attached hydrogens (tertiary/aromatic N) is 2. The van der Waals surface area contributed by atoms with Gasteiger partial charge in [-0.25, -0.2) is 9.97 Å². The maximum absolute atomic E-state index is 12.2. The summed E-state index contributed by atoms with van der Waals surface area (Å²) in [4.78, 5) is 21.8. The molecule has 3 rings (SSSR count). The lowest BCUT2D eigenvalue weighted by atomic mass is 10.1. The third-order valence-corrected chi connectivity index (χ3v) is 4.54. The maximum atomic E-state index is 12.2. The van der Waals surface area contributed by atoms with Gasteiger partial charge >= 0.3 is 0 Å². The second-order valence-corrected chi connectivity index (χ2v) is 6.30. The van der Waals surface area contributed by atoms with Crippen molar-refractivity contribution < 1.29 is 4.79 Å². The van der Waals surface area contributed by atoms with E-state index in [9.17, 15) is 4.79 Å². The molecule has 0 radical (unpaired) electrons. The molecule has 0 bridgehead atoms. The molecule has 0 unspecified atom stereocenters. The first kappa shape index (κ1) is 15.9. The zero-order valence-electron chi connectivity index (χ0n) is 12.9. The summed E-state index contributed by atoms with van der Waals surface area (Å²) in [6.07, 6.45) is 2.36. The van der Waals surface area contributed by atoms with Gasteiger partial charge in [0.1, 0.15) is 0 Å². The van der Waals surface area contributed by atoms with Crippen LogP contribution in [0, 0.1) is 0 Å². The lowest BCUT2D eigenvalue weighted by Gasteiger charge is -2.04. The van der Waals surface area contributed by atoms with Crippen LogP contribution < -0.4 is 16.8 Å². The first-order valence-corrected chi connectivity index (χ1v) is 8.25. The van der Waals surface area contributed by atoms with Gasteiger partial charge in [0.2, 0.25) is 5.95 Å². The minimum absolute atomic E-state index is 0.0938. The van der Waals surface area contributed by atoms with Crippen LogP contribution in [0.3, 0.4) is 0 Å². The number of aromatic nitrogens is 2. The Morgan fingerprint density at radius 3 is 2.62 bits per heavy atom. The molecule has 5 N–H and O–H groups in total. The van der Waals surface area contributed by atoms with Crippen LogP contribution in [-0.2, 0) is 6.42 Å². The predicted octanol–water partition coefficient (Wildman–Crippen LogP) is 2.34. The SMILES string of the molecule is Nc1ccc(CCNC(=O)c2ccc(-c3ccnc(N)n3)s2)cc1. The molecule has 0 spiro atoms. The maximum Gasteiger partial charge on any atom is 0.261 e. The van der Waals surface area contributed by atoms with E-state index in [-0.39, 0.29) is 11.9 Å². The number of rotatable bonds is 5. The molecule has 0 aliphatic carbocycles. The van der Waals surface area contributed by atoms with Crippen LogP contribution in [0.25, 0.3) is 10.6 Å². The van der Waals surface area contributed by atoms with E-state index in [0.717, 1.165) is 22.5 Å². The largest absolute Gasteiger partial charge is 0.399 e. The van der Waals surface area contributed by atoms with E-state index in [1.54, 1.807) is 18.3 Å². The van der Waals surface area contributed by atoms with Crippen molar-refractivity contribution in [1.82, 2.24) is 15.3 Å². The van der Waals surface area contributed by atoms with E-state index in [1.807, 2.05) is 30.3 Å². The van der Waals surface area contributed by atoms with Crippen molar-refractivity contribution in [2.75, 3.05) is 18.0 Å². The minimum Gasteiger partial charge on any atom is -0.399 e. The van der Waals surface area contributed by atoms with Gasteiger partial charge in [0.25, 0.3) is 5.91 Å². The van der Waals surface area contributed by atoms with Gasteiger partial charge in [-0.2, -0.15) is 0 Å². The highest BCUT2D eigenvalue weighted by Crippen LogP contribution is 2.26. The van der Waals surface area contributed by atoms with Crippen molar-refractivity contribution in [2.24, 2.45) is 0 Å². The molecule has 1 aromatic carbocycles. The summed E-state index contributed by atoms with van der Waals surface area (Å²) >= 11 is 1.38. The van der Waals surface area contributed by atoms with Gasteiger partial charge in [-0.1, -0.05) is 12.1 Å². The summed E-state index contributed by atoms with van der Waals surface area (Å²) in [5, 5.41) is 2.92. The monoisotopic (exact) mass is 339 g/mol. The molecule has 2 heterocycles. The van der Waals surface area contributed by atoms with Crippen LogP contribution >= 0.6 is 11.3 Å². The third kappa shape index (κ3) is 3.88. The molecular weight excluding hydrogens is 322 g/mol. The number of nitrogens with two attached hydrogens (primary N) is 2. The van der Waals surface area contributed by atoms with Crippen molar-refractivity contribution in [3.05, 3.63) is 59.1 Å². The van der Waals surface area contributed by atoms with Gasteiger partial charge in [-0.3, -0.25) is 4.79 Å². The van der Waals surface area contributed by atoms with E-state index in [0.29, 0.717) is 17.1 Å². The van der Waals surface area contributed by atoms with Crippen molar-refractivity contribution in [3.8, 4) is 10.6 Å². The van der Waals surface area contributed by atoms with E-state index >= 15 is 0 Å². The highest BCUT2D eigenvalue weighted by molar-refractivity contribution is 7.17. The zero-order valence-corrected chi connectivity index (χ0v) is 13.7. The van der Waals surface area contributed by atoms with Gasteiger partial charge in [0.05, 0.1) is 15.4 Å². The fourth-order valence-electron chi connectivity index (χ4n) is 2.20. The summed E-state index contributed by atoms with van der Waals surface area (Å²) < 4.78 is 0. The van der Waals surface area contributed by atoms with Crippen LogP contribution in [0.4, 0.5) is 11.6 Å². The highest BCUT2D eigenvalue weighted by Gasteiger charge is 2.11. The average Bonchev–Trinajstić information content (AvgIpc) is 3.07. The Hall–Kier alpha value is -2.93. The second kappa shape index (κ2) is 7.10. The molecule has 7 heteroatoms. The van der Waals surface area contributed by atoms with E-state index in [2.05, 4.69) is 15.3 Å². The Kier molecular flexibility index (Phi) is 4.72. The lowest BCUT2D eigenvalue weighted by Crippen LogP contribution is -2.24. The normalized spacial score (nSPS) is 10.5. The molecule has 122 valence electrons. The molecule has 1 amide bonds. The van der Waals surface area contributed by atoms with E-state index < -0.39 is 0 Å². The number of carbonyl (C=O) groups excluding carboxylic acids is 1. The molecule has 3 aromatic rings. The molecular formula is C17H17N5OS. The van der Waals surface area contributed by atoms with Crippen LogP contribution in [-0.4, -0.2) is 22.4 Å². The molecule has 24 heavy (non-hydrogen) atoms. The average molecular weight is 339 g/mol. The standard InChI is InChI=1S/C17H17N5OS/c18-12-3-1-11(2-4-12)7-9-20-16(23)15-6-5-14(24-15)13-8-10-21-17(19)22-13/h1-6,8,10H,7,9,18H2,(H,20,23)(H2,19,21,22). The minimum atomic E-state index is -0.0938. The van der Waals surface area contributed by atoms with Crippen molar-refractivity contribution in [3.63, 3.8) is 0 Å². The predicted molar refractivity (Wildman–Crippen MR) is 96.6 cm³/mol. The lowest BCUT2D eigenvalue weighted by molar-refractivity contribution is 0.0958. The molecule has 0 aliphatic heterocycles. The summed E-state index contributed by atoms with van der Waals surface area (Å²) in [5.74, 6) is 0.124. The molecule has 0 fully saturated rings. The first-order chi connectivity index (χ1) is 11.6. The molecule has 0 atom stereocenters. The van der Waals surface area contributed by atoms with Gasteiger partial charge in [-0.05, 0) is 42.3 Å². The molecule has 0 saturated heterocycles. The Bertz CT molecular complexity index is 844. The summed E-state index contributed by atoms with van der Waals surface area (Å²) in [6.45, 7) is 0.566. The number of hydrogen-bond donors (Lipinski definition) is 3. The summed E-state index contributed by atoms with van der Waals surface area (Å²) in [7, 11) is 0. The fraction of sp³-hybridized carbons (Fsp3) is 0.118. The Morgan fingerprint density at radius 2 is 1.88 bits per heavy atom. The van der Waals surface area contributed by atoms with Gasteiger partial charge in [0, 0.05) is 18.4 Å². The topological polar surface area (TPSA) is 107 Å². The Morgan fingerprint density at radius 1 is 1.08 bits per heavy atom. The van der Waals surface area contributed by atoms with Crippen molar-refractivity contribution >= 4 is 28.9 Å². The number of hydrogen-bond acceptors (Lipinski definition) is 6. The number of benzene rings is 1. The van der Waals surface area contributed by atoms with Gasteiger partial charge in [-0.15, -0.1) is 11.3 Å². The van der Waals surface area contributed by atoms with Crippen LogP contribution in [0.5, 0.6) is 0 Å². The number of amides is 1. The number of anilines is 2. The number of nitrogen functional groups attached to an aromatic ring is 2. The van der Waals surface area contributed by atoms with Crippen LogP contribution in [0.1, 0.15) is 15.2 Å². The molecule has 0 saturated carbocycles. The van der Waals surface area contributed by atoms with Crippen molar-refractivity contribution in [2.45, 2.75) is 6.42 Å². The summed E-state index contributed by atoms with van der Waals surface area (Å²) in [5.41, 5.74) is 13.8. The van der Waals surface area contributed by atoms with Crippen LogP contribution in [0.15, 0.2) is 48.7 Å². The molecule has 0 aliphatic rings. The number of carbonyl (C=O) groups is 1. The Labute approximate surface area is 143 Å². The van der Waals surface area contributed by atoms with E-state index in [1.165, 1.54) is 11.3 Å². The first-order valence-electron chi connectivity index (χ1n) is 7.43. The molecule has 2 aromatic heterocycles. The van der Waals surface area contributed by atoms with Gasteiger partial charge < -0.3 is 16.8 Å². The summed E-state index contributed by atoms with van der Waals surface area (Å²) in [6, 6.07) is 13.1. The zero-order chi connectivity index (χ0) is 16.9. The molecule has 6 nitrogen and oxygen atoms in total. The Balaban J connectivity index is 1.58. The van der Waals surface area contributed by atoms with Gasteiger partial charge in [0.15, 0.2) is 0 Å². The smallest absolute Gasteiger partial charge is 0.261 e. The third-order valence-electron chi connectivity index (χ3n) is 3.44. The quantitative estimate of drug-likeness (QED) is 0.619. The fourth-order valence-corrected chi connectivity index (χ4v) is 3.09. The highest BCUT2D eigenvalue weighted by atomic mass is 32.1. The van der Waals surface area contributed by atoms with E-state index in [4.69, 9.17) is 11.5 Å². The number of nitrogens with one attached hydrogen (secondary N) is 1. The second-order valence-electron chi connectivity index (χ2n) is 5.21.